The van der Waals surface area contributed by atoms with Crippen molar-refractivity contribution < 1.29 is 19.2 Å². The second-order valence-electron chi connectivity index (χ2n) is 10.3. The van der Waals surface area contributed by atoms with Gasteiger partial charge in [0.1, 0.15) is 5.69 Å². The number of carbonyl (C=O) groups excluding carboxylic acids is 4. The number of nitrogens with two attached hydrogens (primary N) is 1. The first-order valence-corrected chi connectivity index (χ1v) is 15.2. The number of likely N-dealkylation sites (tertiary alicyclic amines) is 1. The highest BCUT2D eigenvalue weighted by molar-refractivity contribution is 7.99. The van der Waals surface area contributed by atoms with E-state index in [0.717, 1.165) is 44.0 Å². The fourth-order valence-electron chi connectivity index (χ4n) is 4.68. The molecule has 1 aliphatic heterocycles. The molecule has 2 aromatic heterocycles. The van der Waals surface area contributed by atoms with E-state index in [1.807, 2.05) is 0 Å². The van der Waals surface area contributed by atoms with Gasteiger partial charge in [0.25, 0.3) is 11.8 Å². The first kappa shape index (κ1) is 31.6. The Balaban J connectivity index is 1.34. The molecule has 1 atom stereocenters. The third-order valence-electron chi connectivity index (χ3n) is 6.98. The molecule has 2 aromatic rings. The standard InChI is InChI=1S/C27H37N11O4S/c28-26(29)36-13-1-3-19(17-36)15-35-22(39)6-7-23(40)38(20-4-5-20)37(24(41)18-43-27-33-8-2-9-34-27)14-12-32-25(42)21-16-30-10-11-31-21/h2,8-11,16,19-20H,1,3-7,12-15,17-18H2,(H3,28,29)(H,32,42)(H,35,39)/t19-/m0/s1. The lowest BCUT2D eigenvalue weighted by molar-refractivity contribution is -0.163. The van der Waals surface area contributed by atoms with Crippen LogP contribution in [0, 0.1) is 11.3 Å². The second-order valence-corrected chi connectivity index (χ2v) is 11.2. The number of carbonyl (C=O) groups is 4. The summed E-state index contributed by atoms with van der Waals surface area (Å²) in [5.41, 5.74) is 5.75. The van der Waals surface area contributed by atoms with E-state index in [1.54, 1.807) is 23.4 Å². The van der Waals surface area contributed by atoms with Crippen molar-refractivity contribution in [3.8, 4) is 0 Å². The molecule has 4 rings (SSSR count). The lowest BCUT2D eigenvalue weighted by atomic mass is 9.98. The molecule has 3 heterocycles. The lowest BCUT2D eigenvalue weighted by Gasteiger charge is -2.35. The van der Waals surface area contributed by atoms with Crippen LogP contribution in [0.5, 0.6) is 0 Å². The van der Waals surface area contributed by atoms with Gasteiger partial charge in [-0.2, -0.15) is 0 Å². The molecule has 1 aliphatic carbocycles. The van der Waals surface area contributed by atoms with Crippen molar-refractivity contribution in [3.05, 3.63) is 42.7 Å². The van der Waals surface area contributed by atoms with Crippen LogP contribution in [0.25, 0.3) is 0 Å². The van der Waals surface area contributed by atoms with Gasteiger partial charge in [0.2, 0.25) is 11.8 Å². The zero-order valence-electron chi connectivity index (χ0n) is 23.9. The van der Waals surface area contributed by atoms with Crippen LogP contribution in [0.15, 0.2) is 42.2 Å². The molecule has 4 amide bonds. The van der Waals surface area contributed by atoms with Gasteiger partial charge < -0.3 is 21.3 Å². The highest BCUT2D eigenvalue weighted by Crippen LogP contribution is 2.30. The molecular weight excluding hydrogens is 574 g/mol. The Morgan fingerprint density at radius 2 is 1.81 bits per heavy atom. The summed E-state index contributed by atoms with van der Waals surface area (Å²) >= 11 is 1.15. The smallest absolute Gasteiger partial charge is 0.271 e. The number of nitrogens with zero attached hydrogens (tertiary/aromatic N) is 7. The molecule has 0 aromatic carbocycles. The van der Waals surface area contributed by atoms with Gasteiger partial charge in [-0.25, -0.2) is 25.0 Å². The van der Waals surface area contributed by atoms with E-state index in [4.69, 9.17) is 11.1 Å². The molecule has 1 saturated carbocycles. The Bertz CT molecular complexity index is 1270. The molecular formula is C27H37N11O4S. The number of hydrogen-bond donors (Lipinski definition) is 4. The van der Waals surface area contributed by atoms with E-state index in [1.165, 1.54) is 28.6 Å². The van der Waals surface area contributed by atoms with E-state index >= 15 is 0 Å². The van der Waals surface area contributed by atoms with Gasteiger partial charge in [-0.1, -0.05) is 11.8 Å². The van der Waals surface area contributed by atoms with Crippen molar-refractivity contribution in [1.82, 2.24) is 45.5 Å². The van der Waals surface area contributed by atoms with E-state index in [-0.39, 0.29) is 73.0 Å². The monoisotopic (exact) mass is 611 g/mol. The van der Waals surface area contributed by atoms with Gasteiger partial charge in [0, 0.05) is 63.8 Å². The van der Waals surface area contributed by atoms with E-state index in [2.05, 4.69) is 30.6 Å². The van der Waals surface area contributed by atoms with Gasteiger partial charge in [0.15, 0.2) is 11.1 Å². The van der Waals surface area contributed by atoms with Gasteiger partial charge >= 0.3 is 0 Å². The number of amides is 4. The maximum Gasteiger partial charge on any atom is 0.271 e. The van der Waals surface area contributed by atoms with Crippen molar-refractivity contribution >= 4 is 41.4 Å². The Hall–Kier alpha value is -4.34. The SMILES string of the molecule is N=C(N)N1CCC[C@@H](CNC(=O)CCC(=O)N(C2CC2)N(CCNC(=O)c2cnccn2)C(=O)CSc2ncccn2)C1. The van der Waals surface area contributed by atoms with Crippen LogP contribution in [-0.4, -0.2) is 109 Å². The molecule has 15 nitrogen and oxygen atoms in total. The predicted molar refractivity (Wildman–Crippen MR) is 157 cm³/mol. The number of aromatic nitrogens is 4. The third kappa shape index (κ3) is 9.87. The topological polar surface area (TPSA) is 203 Å². The van der Waals surface area contributed by atoms with Crippen LogP contribution in [0.4, 0.5) is 0 Å². The van der Waals surface area contributed by atoms with Crippen LogP contribution >= 0.6 is 11.8 Å². The first-order chi connectivity index (χ1) is 20.8. The summed E-state index contributed by atoms with van der Waals surface area (Å²) in [4.78, 5) is 70.0. The average Bonchev–Trinajstić information content (AvgIpc) is 3.87. The molecule has 0 radical (unpaired) electrons. The molecule has 0 bridgehead atoms. The maximum atomic E-state index is 13.5. The molecule has 16 heteroatoms. The largest absolute Gasteiger partial charge is 0.370 e. The number of rotatable bonds is 13. The summed E-state index contributed by atoms with van der Waals surface area (Å²) in [7, 11) is 0. The second kappa shape index (κ2) is 15.8. The summed E-state index contributed by atoms with van der Waals surface area (Å²) in [6, 6.07) is 1.52. The van der Waals surface area contributed by atoms with Crippen LogP contribution in [0.2, 0.25) is 0 Å². The fraction of sp³-hybridized carbons (Fsp3) is 0.519. The van der Waals surface area contributed by atoms with Crippen molar-refractivity contribution in [1.29, 1.82) is 5.41 Å². The van der Waals surface area contributed by atoms with E-state index < -0.39 is 5.91 Å². The van der Waals surface area contributed by atoms with Crippen molar-refractivity contribution in [2.24, 2.45) is 11.7 Å². The Morgan fingerprint density at radius 3 is 2.51 bits per heavy atom. The molecule has 43 heavy (non-hydrogen) atoms. The molecule has 0 unspecified atom stereocenters. The van der Waals surface area contributed by atoms with E-state index in [9.17, 15) is 19.2 Å². The number of hydrazine groups is 1. The summed E-state index contributed by atoms with van der Waals surface area (Å²) in [5, 5.41) is 16.5. The third-order valence-corrected chi connectivity index (χ3v) is 7.84. The highest BCUT2D eigenvalue weighted by Gasteiger charge is 2.38. The zero-order valence-corrected chi connectivity index (χ0v) is 24.7. The van der Waals surface area contributed by atoms with Gasteiger partial charge in [0.05, 0.1) is 24.5 Å². The fourth-order valence-corrected chi connectivity index (χ4v) is 5.35. The number of nitrogens with one attached hydrogen (secondary N) is 3. The number of guanidine groups is 1. The minimum atomic E-state index is -0.446. The predicted octanol–water partition coefficient (Wildman–Crippen LogP) is 0.0252. The summed E-state index contributed by atoms with van der Waals surface area (Å²) in [6.07, 6.45) is 10.6. The number of hydrogen-bond acceptors (Lipinski definition) is 10. The number of piperidine rings is 1. The zero-order chi connectivity index (χ0) is 30.6. The first-order valence-electron chi connectivity index (χ1n) is 14.2. The molecule has 1 saturated heterocycles. The van der Waals surface area contributed by atoms with Crippen molar-refractivity contribution in [3.63, 3.8) is 0 Å². The van der Waals surface area contributed by atoms with Gasteiger partial charge in [-0.05, 0) is 37.7 Å². The minimum absolute atomic E-state index is 0.0161. The Labute approximate surface area is 253 Å². The molecule has 2 aliphatic rings. The van der Waals surface area contributed by atoms with E-state index in [0.29, 0.717) is 18.2 Å². The molecule has 0 spiro atoms. The molecule has 2 fully saturated rings. The average molecular weight is 612 g/mol. The van der Waals surface area contributed by atoms with Crippen LogP contribution in [0.3, 0.4) is 0 Å². The summed E-state index contributed by atoms with van der Waals surface area (Å²) < 4.78 is 0. The van der Waals surface area contributed by atoms with Gasteiger partial charge in [-0.15, -0.1) is 0 Å². The summed E-state index contributed by atoms with van der Waals surface area (Å²) in [6.45, 7) is 1.91. The normalized spacial score (nSPS) is 16.2. The lowest BCUT2D eigenvalue weighted by Crippen LogP contribution is -2.54. The Kier molecular flexibility index (Phi) is 11.6. The summed E-state index contributed by atoms with van der Waals surface area (Å²) in [5.74, 6) is -1.19. The maximum absolute atomic E-state index is 13.5. The van der Waals surface area contributed by atoms with Crippen LogP contribution in [0.1, 0.15) is 49.0 Å². The van der Waals surface area contributed by atoms with Gasteiger partial charge in [-0.3, -0.25) is 29.6 Å². The highest BCUT2D eigenvalue weighted by atomic mass is 32.2. The molecule has 230 valence electrons. The van der Waals surface area contributed by atoms with Crippen molar-refractivity contribution in [2.45, 2.75) is 49.7 Å². The van der Waals surface area contributed by atoms with Crippen LogP contribution in [-0.2, 0) is 14.4 Å². The number of thioether (sulfide) groups is 1. The van der Waals surface area contributed by atoms with Crippen molar-refractivity contribution in [2.75, 3.05) is 38.5 Å². The minimum Gasteiger partial charge on any atom is -0.370 e. The molecule has 5 N–H and O–H groups in total. The quantitative estimate of drug-likeness (QED) is 0.0782. The Morgan fingerprint density at radius 1 is 1.02 bits per heavy atom. The van der Waals surface area contributed by atoms with Crippen LogP contribution < -0.4 is 16.4 Å².